The summed E-state index contributed by atoms with van der Waals surface area (Å²) in [4.78, 5) is 20.1. The van der Waals surface area contributed by atoms with Crippen molar-refractivity contribution in [1.29, 1.82) is 0 Å². The normalized spacial score (nSPS) is 15.4. The summed E-state index contributed by atoms with van der Waals surface area (Å²) in [6.45, 7) is 3.88. The van der Waals surface area contributed by atoms with Crippen LogP contribution in [0.5, 0.6) is 0 Å². The van der Waals surface area contributed by atoms with Crippen molar-refractivity contribution < 1.29 is 4.79 Å². The molecule has 1 aliphatic heterocycles. The number of rotatable bonds is 4. The highest BCUT2D eigenvalue weighted by Gasteiger charge is 2.22. The van der Waals surface area contributed by atoms with Crippen LogP contribution in [0.2, 0.25) is 10.0 Å². The van der Waals surface area contributed by atoms with Crippen molar-refractivity contribution in [2.75, 3.05) is 13.1 Å². The van der Waals surface area contributed by atoms with Gasteiger partial charge in [0.2, 0.25) is 0 Å². The van der Waals surface area contributed by atoms with Crippen LogP contribution in [0.25, 0.3) is 0 Å². The van der Waals surface area contributed by atoms with E-state index >= 15 is 0 Å². The maximum atomic E-state index is 12.6. The molecular formula is C19H20Cl2N2OS. The largest absolute Gasteiger partial charge is 0.337 e. The summed E-state index contributed by atoms with van der Waals surface area (Å²) in [5, 5.41) is 1.09. The molecule has 1 aromatic carbocycles. The number of thioether (sulfide) groups is 1. The molecule has 2 aromatic rings. The molecule has 6 heteroatoms. The summed E-state index contributed by atoms with van der Waals surface area (Å²) >= 11 is 13.6. The van der Waals surface area contributed by atoms with Gasteiger partial charge in [-0.2, -0.15) is 0 Å². The predicted molar refractivity (Wildman–Crippen MR) is 105 cm³/mol. The van der Waals surface area contributed by atoms with E-state index in [2.05, 4.69) is 11.9 Å². The van der Waals surface area contributed by atoms with Gasteiger partial charge in [0.25, 0.3) is 5.91 Å². The Morgan fingerprint density at radius 2 is 1.96 bits per heavy atom. The van der Waals surface area contributed by atoms with Crippen LogP contribution in [0.1, 0.15) is 35.9 Å². The van der Waals surface area contributed by atoms with E-state index in [-0.39, 0.29) is 5.91 Å². The molecule has 1 amide bonds. The van der Waals surface area contributed by atoms with E-state index in [0.29, 0.717) is 27.4 Å². The monoisotopic (exact) mass is 394 g/mol. The Balaban J connectivity index is 1.64. The number of hydrogen-bond donors (Lipinski definition) is 0. The van der Waals surface area contributed by atoms with E-state index in [4.69, 9.17) is 23.2 Å². The van der Waals surface area contributed by atoms with Gasteiger partial charge in [-0.05, 0) is 49.1 Å². The van der Waals surface area contributed by atoms with Gasteiger partial charge >= 0.3 is 0 Å². The van der Waals surface area contributed by atoms with Crippen molar-refractivity contribution in [2.45, 2.75) is 30.4 Å². The fourth-order valence-electron chi connectivity index (χ4n) is 2.78. The first-order valence-electron chi connectivity index (χ1n) is 8.36. The van der Waals surface area contributed by atoms with Crippen LogP contribution in [0.15, 0.2) is 41.3 Å². The molecule has 2 heterocycles. The van der Waals surface area contributed by atoms with E-state index in [9.17, 15) is 4.79 Å². The predicted octanol–water partition coefficient (Wildman–Crippen LogP) is 5.55. The van der Waals surface area contributed by atoms with Crippen molar-refractivity contribution >= 4 is 40.9 Å². The van der Waals surface area contributed by atoms with Crippen LogP contribution in [0.4, 0.5) is 0 Å². The average Bonchev–Trinajstić information content (AvgIpc) is 2.63. The first kappa shape index (κ1) is 18.6. The number of aromatic nitrogens is 1. The van der Waals surface area contributed by atoms with E-state index in [1.54, 1.807) is 23.9 Å². The topological polar surface area (TPSA) is 33.2 Å². The zero-order valence-corrected chi connectivity index (χ0v) is 16.4. The van der Waals surface area contributed by atoms with Gasteiger partial charge < -0.3 is 4.90 Å². The molecule has 132 valence electrons. The van der Waals surface area contributed by atoms with Gasteiger partial charge in [-0.1, -0.05) is 36.2 Å². The average molecular weight is 395 g/mol. The van der Waals surface area contributed by atoms with E-state index in [0.717, 1.165) is 36.5 Å². The number of amides is 1. The van der Waals surface area contributed by atoms with E-state index in [1.807, 2.05) is 29.2 Å². The number of carbonyl (C=O) groups is 1. The molecule has 3 nitrogen and oxygen atoms in total. The lowest BCUT2D eigenvalue weighted by Crippen LogP contribution is -2.38. The summed E-state index contributed by atoms with van der Waals surface area (Å²) in [6, 6.07) is 11.2. The number of carbonyl (C=O) groups excluding carboxylic acids is 1. The Morgan fingerprint density at radius 3 is 2.68 bits per heavy atom. The second kappa shape index (κ2) is 8.43. The number of pyridine rings is 1. The fourth-order valence-corrected chi connectivity index (χ4v) is 3.98. The highest BCUT2D eigenvalue weighted by molar-refractivity contribution is 7.98. The van der Waals surface area contributed by atoms with Gasteiger partial charge in [-0.3, -0.25) is 4.79 Å². The van der Waals surface area contributed by atoms with Crippen molar-refractivity contribution in [2.24, 2.45) is 5.92 Å². The molecular weight excluding hydrogens is 375 g/mol. The highest BCUT2D eigenvalue weighted by atomic mass is 35.5. The number of likely N-dealkylation sites (tertiary alicyclic amines) is 1. The van der Waals surface area contributed by atoms with Crippen molar-refractivity contribution in [1.82, 2.24) is 9.88 Å². The van der Waals surface area contributed by atoms with Gasteiger partial charge in [0.1, 0.15) is 5.69 Å². The van der Waals surface area contributed by atoms with Crippen LogP contribution in [0, 0.1) is 5.92 Å². The van der Waals surface area contributed by atoms with Gasteiger partial charge in [0, 0.05) is 23.7 Å². The molecule has 0 bridgehead atoms. The Morgan fingerprint density at radius 1 is 1.20 bits per heavy atom. The molecule has 3 rings (SSSR count). The molecule has 25 heavy (non-hydrogen) atoms. The molecule has 1 fully saturated rings. The zero-order valence-electron chi connectivity index (χ0n) is 14.0. The Labute approximate surface area is 162 Å². The third-order valence-electron chi connectivity index (χ3n) is 4.37. The molecule has 0 radical (unpaired) electrons. The Kier molecular flexibility index (Phi) is 6.26. The van der Waals surface area contributed by atoms with Gasteiger partial charge in [-0.25, -0.2) is 4.98 Å². The van der Waals surface area contributed by atoms with Crippen LogP contribution >= 0.6 is 35.0 Å². The minimum Gasteiger partial charge on any atom is -0.337 e. The summed E-state index contributed by atoms with van der Waals surface area (Å²) < 4.78 is 0. The lowest BCUT2D eigenvalue weighted by Gasteiger charge is -2.30. The summed E-state index contributed by atoms with van der Waals surface area (Å²) in [5.41, 5.74) is 1.41. The molecule has 1 aliphatic rings. The van der Waals surface area contributed by atoms with Crippen molar-refractivity contribution in [3.05, 3.63) is 57.8 Å². The van der Waals surface area contributed by atoms with Crippen LogP contribution in [-0.4, -0.2) is 28.9 Å². The molecule has 1 aromatic heterocycles. The Hall–Kier alpha value is -1.23. The second-order valence-corrected chi connectivity index (χ2v) is 8.22. The van der Waals surface area contributed by atoms with Gasteiger partial charge in [-0.15, -0.1) is 11.8 Å². The quantitative estimate of drug-likeness (QED) is 0.636. The number of hydrogen-bond acceptors (Lipinski definition) is 3. The lowest BCUT2D eigenvalue weighted by molar-refractivity contribution is 0.0691. The molecule has 0 spiro atoms. The molecule has 0 saturated carbocycles. The first-order valence-corrected chi connectivity index (χ1v) is 10.1. The van der Waals surface area contributed by atoms with Gasteiger partial charge in [0.15, 0.2) is 0 Å². The summed E-state index contributed by atoms with van der Waals surface area (Å²) in [7, 11) is 0. The first-order chi connectivity index (χ1) is 12.0. The standard InChI is InChI=1S/C19H20Cl2N2OS/c1-13-7-9-23(10-8-13)19(24)18-4-2-3-14(22-18)12-25-15-5-6-16(20)17(21)11-15/h2-6,11,13H,7-10,12H2,1H3. The SMILES string of the molecule is CC1CCN(C(=O)c2cccc(CSc3ccc(Cl)c(Cl)c3)n2)CC1. The number of benzene rings is 1. The number of nitrogens with zero attached hydrogens (tertiary/aromatic N) is 2. The third-order valence-corrected chi connectivity index (χ3v) is 6.14. The third kappa shape index (κ3) is 4.90. The zero-order chi connectivity index (χ0) is 17.8. The minimum atomic E-state index is 0.0355. The van der Waals surface area contributed by atoms with Crippen LogP contribution < -0.4 is 0 Å². The van der Waals surface area contributed by atoms with Crippen molar-refractivity contribution in [3.8, 4) is 0 Å². The minimum absolute atomic E-state index is 0.0355. The lowest BCUT2D eigenvalue weighted by atomic mass is 9.99. The molecule has 0 N–H and O–H groups in total. The number of halogens is 2. The maximum absolute atomic E-state index is 12.6. The highest BCUT2D eigenvalue weighted by Crippen LogP contribution is 2.29. The Bertz CT molecular complexity index is 761. The van der Waals surface area contributed by atoms with Crippen molar-refractivity contribution in [3.63, 3.8) is 0 Å². The maximum Gasteiger partial charge on any atom is 0.272 e. The van der Waals surface area contributed by atoms with E-state index < -0.39 is 0 Å². The molecule has 0 atom stereocenters. The summed E-state index contributed by atoms with van der Waals surface area (Å²) in [6.07, 6.45) is 2.14. The molecule has 0 unspecified atom stereocenters. The van der Waals surface area contributed by atoms with Crippen LogP contribution in [-0.2, 0) is 5.75 Å². The van der Waals surface area contributed by atoms with E-state index in [1.165, 1.54) is 0 Å². The second-order valence-electron chi connectivity index (χ2n) is 6.35. The number of piperidine rings is 1. The van der Waals surface area contributed by atoms with Crippen LogP contribution in [0.3, 0.4) is 0 Å². The smallest absolute Gasteiger partial charge is 0.272 e. The molecule has 0 aliphatic carbocycles. The molecule has 1 saturated heterocycles. The fraction of sp³-hybridized carbons (Fsp3) is 0.368. The van der Waals surface area contributed by atoms with Gasteiger partial charge in [0.05, 0.1) is 15.7 Å². The summed E-state index contributed by atoms with van der Waals surface area (Å²) in [5.74, 6) is 1.41.